The maximum Gasteiger partial charge on any atom is 0.164 e. The quantitative estimate of drug-likeness (QED) is 0.832. The summed E-state index contributed by atoms with van der Waals surface area (Å²) in [6, 6.07) is 5.00. The van der Waals surface area contributed by atoms with Gasteiger partial charge in [-0.15, -0.1) is 0 Å². The number of benzene rings is 1. The summed E-state index contributed by atoms with van der Waals surface area (Å²) in [5.41, 5.74) is 0.760. The van der Waals surface area contributed by atoms with Crippen LogP contribution in [0, 0.1) is 5.82 Å². The predicted octanol–water partition coefficient (Wildman–Crippen LogP) is 2.77. The molecule has 0 aromatic heterocycles. The van der Waals surface area contributed by atoms with Crippen LogP contribution < -0.4 is 4.90 Å². The van der Waals surface area contributed by atoms with Crippen molar-refractivity contribution in [1.82, 2.24) is 0 Å². The molecule has 104 valence electrons. The molecule has 0 heterocycles. The number of halogens is 1. The second-order valence-corrected chi connectivity index (χ2v) is 5.05. The van der Waals surface area contributed by atoms with Crippen LogP contribution >= 0.6 is 0 Å². The first-order chi connectivity index (χ1) is 9.15. The van der Waals surface area contributed by atoms with Crippen LogP contribution in [-0.2, 0) is 0 Å². The zero-order valence-corrected chi connectivity index (χ0v) is 11.2. The average molecular weight is 265 g/mol. The summed E-state index contributed by atoms with van der Waals surface area (Å²) < 4.78 is 13.9. The van der Waals surface area contributed by atoms with Gasteiger partial charge in [-0.1, -0.05) is 18.9 Å². The number of hydrogen-bond donors (Lipinski definition) is 1. The molecule has 1 N–H and O–H groups in total. The standard InChI is InChI=1S/C15H20FNO2/c1-11(19)15-13(16)7-4-8-14(15)17(9-10-18)12-5-2-3-6-12/h4,7-8,12,18H,2-3,5-6,9-10H2,1H3. The lowest BCUT2D eigenvalue weighted by atomic mass is 10.1. The Morgan fingerprint density at radius 3 is 2.68 bits per heavy atom. The van der Waals surface area contributed by atoms with Gasteiger partial charge in [0.1, 0.15) is 5.82 Å². The van der Waals surface area contributed by atoms with E-state index in [-0.39, 0.29) is 18.0 Å². The first-order valence-corrected chi connectivity index (χ1v) is 6.82. The van der Waals surface area contributed by atoms with E-state index in [4.69, 9.17) is 0 Å². The van der Waals surface area contributed by atoms with Crippen molar-refractivity contribution in [2.45, 2.75) is 38.6 Å². The monoisotopic (exact) mass is 265 g/mol. The highest BCUT2D eigenvalue weighted by Gasteiger charge is 2.26. The van der Waals surface area contributed by atoms with Crippen LogP contribution in [0.15, 0.2) is 18.2 Å². The summed E-state index contributed by atoms with van der Waals surface area (Å²) in [7, 11) is 0. The van der Waals surface area contributed by atoms with Crippen molar-refractivity contribution in [3.63, 3.8) is 0 Å². The lowest BCUT2D eigenvalue weighted by Crippen LogP contribution is -2.36. The van der Waals surface area contributed by atoms with E-state index in [1.54, 1.807) is 12.1 Å². The van der Waals surface area contributed by atoms with Gasteiger partial charge in [-0.3, -0.25) is 4.79 Å². The zero-order valence-electron chi connectivity index (χ0n) is 11.2. The zero-order chi connectivity index (χ0) is 13.8. The molecule has 0 unspecified atom stereocenters. The van der Waals surface area contributed by atoms with Gasteiger partial charge >= 0.3 is 0 Å². The van der Waals surface area contributed by atoms with Crippen LogP contribution in [0.1, 0.15) is 43.0 Å². The smallest absolute Gasteiger partial charge is 0.164 e. The lowest BCUT2D eigenvalue weighted by Gasteiger charge is -2.32. The number of aliphatic hydroxyl groups excluding tert-OH is 1. The number of nitrogens with zero attached hydrogens (tertiary/aromatic N) is 1. The van der Waals surface area contributed by atoms with Crippen molar-refractivity contribution in [3.8, 4) is 0 Å². The van der Waals surface area contributed by atoms with Crippen molar-refractivity contribution in [2.75, 3.05) is 18.1 Å². The van der Waals surface area contributed by atoms with E-state index in [2.05, 4.69) is 0 Å². The van der Waals surface area contributed by atoms with Gasteiger partial charge < -0.3 is 10.0 Å². The Labute approximate surface area is 113 Å². The fraction of sp³-hybridized carbons (Fsp3) is 0.533. The van der Waals surface area contributed by atoms with Crippen LogP contribution in [-0.4, -0.2) is 30.1 Å². The number of carbonyl (C=O) groups is 1. The van der Waals surface area contributed by atoms with Gasteiger partial charge in [0.15, 0.2) is 5.78 Å². The largest absolute Gasteiger partial charge is 0.395 e. The Morgan fingerprint density at radius 2 is 2.11 bits per heavy atom. The number of rotatable bonds is 5. The second kappa shape index (κ2) is 6.15. The van der Waals surface area contributed by atoms with E-state index in [0.717, 1.165) is 25.7 Å². The highest BCUT2D eigenvalue weighted by Crippen LogP contribution is 2.31. The van der Waals surface area contributed by atoms with Crippen LogP contribution in [0.5, 0.6) is 0 Å². The van der Waals surface area contributed by atoms with Gasteiger partial charge in [0.05, 0.1) is 17.9 Å². The Balaban J connectivity index is 2.40. The summed E-state index contributed by atoms with van der Waals surface area (Å²) in [4.78, 5) is 13.7. The first-order valence-electron chi connectivity index (χ1n) is 6.82. The van der Waals surface area contributed by atoms with Gasteiger partial charge in [-0.05, 0) is 31.9 Å². The fourth-order valence-electron chi connectivity index (χ4n) is 2.92. The van der Waals surface area contributed by atoms with Crippen molar-refractivity contribution in [3.05, 3.63) is 29.6 Å². The molecule has 19 heavy (non-hydrogen) atoms. The summed E-state index contributed by atoms with van der Waals surface area (Å²) >= 11 is 0. The number of hydrogen-bond acceptors (Lipinski definition) is 3. The highest BCUT2D eigenvalue weighted by atomic mass is 19.1. The molecule has 3 nitrogen and oxygen atoms in total. The molecule has 0 amide bonds. The highest BCUT2D eigenvalue weighted by molar-refractivity contribution is 6.00. The van der Waals surface area contributed by atoms with Gasteiger partial charge in [0.25, 0.3) is 0 Å². The van der Waals surface area contributed by atoms with Crippen molar-refractivity contribution in [1.29, 1.82) is 0 Å². The molecule has 0 bridgehead atoms. The molecule has 1 aliphatic carbocycles. The van der Waals surface area contributed by atoms with E-state index in [0.29, 0.717) is 18.3 Å². The molecule has 2 rings (SSSR count). The SMILES string of the molecule is CC(=O)c1c(F)cccc1N(CCO)C1CCCC1. The molecule has 1 aromatic carbocycles. The van der Waals surface area contributed by atoms with Crippen molar-refractivity contribution >= 4 is 11.5 Å². The Morgan fingerprint density at radius 1 is 1.42 bits per heavy atom. The number of carbonyl (C=O) groups excluding carboxylic acids is 1. The molecular weight excluding hydrogens is 245 g/mol. The molecule has 0 aliphatic heterocycles. The summed E-state index contributed by atoms with van der Waals surface area (Å²) in [5.74, 6) is -0.750. The summed E-state index contributed by atoms with van der Waals surface area (Å²) in [6.07, 6.45) is 4.37. The Kier molecular flexibility index (Phi) is 4.53. The van der Waals surface area contributed by atoms with Gasteiger partial charge in [-0.2, -0.15) is 0 Å². The molecule has 1 fully saturated rings. The summed E-state index contributed by atoms with van der Waals surface area (Å²) in [6.45, 7) is 1.83. The topological polar surface area (TPSA) is 40.5 Å². The number of ketones is 1. The molecule has 1 aliphatic rings. The van der Waals surface area contributed by atoms with E-state index in [9.17, 15) is 14.3 Å². The molecule has 0 saturated heterocycles. The van der Waals surface area contributed by atoms with Gasteiger partial charge in [0, 0.05) is 12.6 Å². The van der Waals surface area contributed by atoms with Crippen LogP contribution in [0.2, 0.25) is 0 Å². The van der Waals surface area contributed by atoms with E-state index in [1.165, 1.54) is 13.0 Å². The Hall–Kier alpha value is -1.42. The third kappa shape index (κ3) is 2.95. The van der Waals surface area contributed by atoms with Crippen molar-refractivity contribution < 1.29 is 14.3 Å². The molecule has 0 radical (unpaired) electrons. The first kappa shape index (κ1) is 14.0. The molecule has 1 aromatic rings. The number of Topliss-reactive ketones (excluding diaryl/α,β-unsaturated/α-hetero) is 1. The predicted molar refractivity (Wildman–Crippen MR) is 73.1 cm³/mol. The third-order valence-corrected chi connectivity index (χ3v) is 3.76. The minimum Gasteiger partial charge on any atom is -0.395 e. The maximum atomic E-state index is 13.9. The molecular formula is C15H20FNO2. The maximum absolute atomic E-state index is 13.9. The second-order valence-electron chi connectivity index (χ2n) is 5.05. The van der Waals surface area contributed by atoms with Crippen LogP contribution in [0.25, 0.3) is 0 Å². The van der Waals surface area contributed by atoms with Crippen LogP contribution in [0.3, 0.4) is 0 Å². The number of anilines is 1. The molecule has 1 saturated carbocycles. The Bertz CT molecular complexity index is 455. The lowest BCUT2D eigenvalue weighted by molar-refractivity contribution is 0.101. The third-order valence-electron chi connectivity index (χ3n) is 3.76. The summed E-state index contributed by atoms with van der Waals surface area (Å²) in [5, 5.41) is 9.24. The number of aliphatic hydroxyl groups is 1. The minimum absolute atomic E-state index is 0.00432. The van der Waals surface area contributed by atoms with Gasteiger partial charge in [-0.25, -0.2) is 4.39 Å². The van der Waals surface area contributed by atoms with Crippen molar-refractivity contribution in [2.24, 2.45) is 0 Å². The minimum atomic E-state index is -0.481. The van der Waals surface area contributed by atoms with E-state index in [1.807, 2.05) is 4.90 Å². The fourth-order valence-corrected chi connectivity index (χ4v) is 2.92. The average Bonchev–Trinajstić information content (AvgIpc) is 2.88. The molecule has 0 spiro atoms. The van der Waals surface area contributed by atoms with Gasteiger partial charge in [0.2, 0.25) is 0 Å². The normalized spacial score (nSPS) is 15.7. The van der Waals surface area contributed by atoms with E-state index < -0.39 is 5.82 Å². The molecule has 0 atom stereocenters. The molecule has 4 heteroatoms. The van der Waals surface area contributed by atoms with Crippen LogP contribution in [0.4, 0.5) is 10.1 Å². The van der Waals surface area contributed by atoms with E-state index >= 15 is 0 Å².